The van der Waals surface area contributed by atoms with Crippen LogP contribution in [0.25, 0.3) is 0 Å². The maximum atomic E-state index is 13.2. The highest BCUT2D eigenvalue weighted by Gasteiger charge is 2.15. The average Bonchev–Trinajstić information content (AvgIpc) is 1.99. The van der Waals surface area contributed by atoms with Gasteiger partial charge in [-0.25, -0.2) is 12.8 Å². The average molecular weight is 272 g/mol. The second-order valence-corrected chi connectivity index (χ2v) is 6.02. The fourth-order valence-corrected chi connectivity index (χ4v) is 2.46. The molecule has 0 aliphatic heterocycles. The first-order valence-corrected chi connectivity index (χ1v) is 6.86. The molecule has 84 valence electrons. The highest BCUT2D eigenvalue weighted by molar-refractivity contribution is 7.90. The molecule has 0 spiro atoms. The summed E-state index contributed by atoms with van der Waals surface area (Å²) in [6.07, 6.45) is 0.867. The van der Waals surface area contributed by atoms with E-state index in [-0.39, 0.29) is 4.90 Å². The van der Waals surface area contributed by atoms with Crippen LogP contribution in [0.2, 0.25) is 5.02 Å². The monoisotopic (exact) mass is 271 g/mol. The zero-order valence-corrected chi connectivity index (χ0v) is 9.75. The van der Waals surface area contributed by atoms with Crippen molar-refractivity contribution in [1.29, 1.82) is 0 Å². The molecular weight excluding hydrogens is 267 g/mol. The molecule has 1 unspecified atom stereocenters. The molecule has 1 aromatic rings. The Morgan fingerprint density at radius 1 is 1.47 bits per heavy atom. The molecule has 15 heavy (non-hydrogen) atoms. The van der Waals surface area contributed by atoms with Crippen molar-refractivity contribution in [3.05, 3.63) is 23.0 Å². The van der Waals surface area contributed by atoms with E-state index < -0.39 is 36.7 Å². The van der Waals surface area contributed by atoms with Crippen LogP contribution < -0.4 is 0 Å². The van der Waals surface area contributed by atoms with E-state index in [0.29, 0.717) is 6.07 Å². The van der Waals surface area contributed by atoms with E-state index in [4.69, 9.17) is 11.6 Å². The molecule has 0 amide bonds. The van der Waals surface area contributed by atoms with Gasteiger partial charge in [-0.3, -0.25) is 4.21 Å². The lowest BCUT2D eigenvalue weighted by Gasteiger charge is -2.10. The Labute approximate surface area is 93.3 Å². The first-order chi connectivity index (χ1) is 6.73. The van der Waals surface area contributed by atoms with Gasteiger partial charge in [0.25, 0.3) is 0 Å². The minimum Gasteiger partial charge on any atom is -0.768 e. The summed E-state index contributed by atoms with van der Waals surface area (Å²) in [5.74, 6) is -1.18. The smallest absolute Gasteiger partial charge is 0.175 e. The molecule has 0 saturated carbocycles. The van der Waals surface area contributed by atoms with E-state index in [9.17, 15) is 21.6 Å². The molecule has 0 bridgehead atoms. The third-order valence-electron chi connectivity index (χ3n) is 1.57. The summed E-state index contributed by atoms with van der Waals surface area (Å²) in [5, 5.41) is -0.455. The summed E-state index contributed by atoms with van der Waals surface area (Å²) in [7, 11) is -3.62. The first-order valence-electron chi connectivity index (χ1n) is 3.52. The topological polar surface area (TPSA) is 74.3 Å². The lowest BCUT2D eigenvalue weighted by molar-refractivity contribution is 0.521. The largest absolute Gasteiger partial charge is 0.768 e. The van der Waals surface area contributed by atoms with Gasteiger partial charge in [0.05, 0.1) is 14.8 Å². The summed E-state index contributed by atoms with van der Waals surface area (Å²) in [5.41, 5.74) is 0. The predicted molar refractivity (Wildman–Crippen MR) is 51.7 cm³/mol. The van der Waals surface area contributed by atoms with Gasteiger partial charge in [0, 0.05) is 6.26 Å². The second-order valence-electron chi connectivity index (χ2n) is 2.72. The quantitative estimate of drug-likeness (QED) is 0.756. The van der Waals surface area contributed by atoms with Crippen molar-refractivity contribution in [1.82, 2.24) is 0 Å². The fraction of sp³-hybridized carbons (Fsp3) is 0.143. The normalized spacial score (nSPS) is 13.9. The van der Waals surface area contributed by atoms with Crippen molar-refractivity contribution in [3.8, 4) is 0 Å². The van der Waals surface area contributed by atoms with Crippen LogP contribution in [-0.2, 0) is 20.9 Å². The van der Waals surface area contributed by atoms with Gasteiger partial charge in [-0.2, -0.15) is 0 Å². The van der Waals surface area contributed by atoms with Gasteiger partial charge in [-0.15, -0.1) is 0 Å². The molecule has 0 aliphatic carbocycles. The number of hydrogen-bond acceptors (Lipinski definition) is 4. The Balaban J connectivity index is 3.52. The third-order valence-corrected chi connectivity index (χ3v) is 3.82. The van der Waals surface area contributed by atoms with Crippen LogP contribution in [0.1, 0.15) is 0 Å². The van der Waals surface area contributed by atoms with Crippen molar-refractivity contribution in [2.24, 2.45) is 0 Å². The maximum Gasteiger partial charge on any atom is 0.175 e. The Hall–Kier alpha value is -0.500. The van der Waals surface area contributed by atoms with E-state index in [0.717, 1.165) is 12.3 Å². The first kappa shape index (κ1) is 12.6. The maximum absolute atomic E-state index is 13.2. The molecular formula is C7H5ClFO4S2-. The van der Waals surface area contributed by atoms with Crippen molar-refractivity contribution in [2.75, 3.05) is 6.26 Å². The van der Waals surface area contributed by atoms with Gasteiger partial charge in [-0.1, -0.05) is 11.6 Å². The minimum absolute atomic E-state index is 0.362. The van der Waals surface area contributed by atoms with Gasteiger partial charge in [0.15, 0.2) is 9.84 Å². The van der Waals surface area contributed by atoms with Gasteiger partial charge in [-0.05, 0) is 23.2 Å². The van der Waals surface area contributed by atoms with Gasteiger partial charge in [0.2, 0.25) is 0 Å². The van der Waals surface area contributed by atoms with Gasteiger partial charge in [0.1, 0.15) is 5.82 Å². The lowest BCUT2D eigenvalue weighted by Crippen LogP contribution is -2.02. The van der Waals surface area contributed by atoms with Crippen molar-refractivity contribution < 1.29 is 21.6 Å². The van der Waals surface area contributed by atoms with Crippen molar-refractivity contribution in [3.63, 3.8) is 0 Å². The van der Waals surface area contributed by atoms with Crippen molar-refractivity contribution >= 4 is 32.5 Å². The Morgan fingerprint density at radius 2 is 2.00 bits per heavy atom. The van der Waals surface area contributed by atoms with Crippen LogP contribution in [0, 0.1) is 5.82 Å². The molecule has 0 heterocycles. The standard InChI is InChI=1S/C7H6ClFO4S2/c1-15(12,13)4-2-5(8)7(14(10)11)6(9)3-4/h2-3H,1H3,(H,10,11)/p-1. The molecule has 0 N–H and O–H groups in total. The van der Waals surface area contributed by atoms with E-state index in [2.05, 4.69) is 0 Å². The van der Waals surface area contributed by atoms with Crippen LogP contribution in [0.5, 0.6) is 0 Å². The van der Waals surface area contributed by atoms with Crippen LogP contribution in [-0.4, -0.2) is 23.4 Å². The van der Waals surface area contributed by atoms with Crippen LogP contribution in [0.4, 0.5) is 4.39 Å². The summed E-state index contributed by atoms with van der Waals surface area (Å²) in [4.78, 5) is -1.09. The summed E-state index contributed by atoms with van der Waals surface area (Å²) in [6, 6.07) is 1.51. The molecule has 4 nitrogen and oxygen atoms in total. The highest BCUT2D eigenvalue weighted by atomic mass is 35.5. The predicted octanol–water partition coefficient (Wildman–Crippen LogP) is 1.12. The highest BCUT2D eigenvalue weighted by Crippen LogP contribution is 2.26. The van der Waals surface area contributed by atoms with Crippen molar-refractivity contribution in [2.45, 2.75) is 9.79 Å². The van der Waals surface area contributed by atoms with E-state index in [1.165, 1.54) is 0 Å². The number of benzene rings is 1. The van der Waals surface area contributed by atoms with Crippen LogP contribution >= 0.6 is 11.6 Å². The SMILES string of the molecule is CS(=O)(=O)c1cc(F)c(S(=O)[O-])c(Cl)c1. The number of halogens is 2. The van der Waals surface area contributed by atoms with E-state index in [1.807, 2.05) is 0 Å². The molecule has 0 saturated heterocycles. The van der Waals surface area contributed by atoms with Crippen LogP contribution in [0.15, 0.2) is 21.9 Å². The summed E-state index contributed by atoms with van der Waals surface area (Å²) in [6.45, 7) is 0. The lowest BCUT2D eigenvalue weighted by atomic mass is 10.3. The van der Waals surface area contributed by atoms with Crippen LogP contribution in [0.3, 0.4) is 0 Å². The molecule has 0 radical (unpaired) electrons. The van der Waals surface area contributed by atoms with Gasteiger partial charge < -0.3 is 4.55 Å². The minimum atomic E-state index is -3.62. The molecule has 8 heteroatoms. The second kappa shape index (κ2) is 4.17. The molecule has 1 rings (SSSR count). The third kappa shape index (κ3) is 2.75. The van der Waals surface area contributed by atoms with Gasteiger partial charge >= 0.3 is 0 Å². The zero-order chi connectivity index (χ0) is 11.8. The molecule has 0 fully saturated rings. The Morgan fingerprint density at radius 3 is 2.33 bits per heavy atom. The number of rotatable bonds is 2. The number of hydrogen-bond donors (Lipinski definition) is 0. The summed E-state index contributed by atoms with van der Waals surface area (Å²) >= 11 is 2.60. The molecule has 1 atom stereocenters. The fourth-order valence-electron chi connectivity index (χ4n) is 0.910. The molecule has 0 aliphatic rings. The zero-order valence-electron chi connectivity index (χ0n) is 7.36. The number of sulfone groups is 1. The Kier molecular flexibility index (Phi) is 3.49. The van der Waals surface area contributed by atoms with E-state index >= 15 is 0 Å². The van der Waals surface area contributed by atoms with E-state index in [1.54, 1.807) is 0 Å². The summed E-state index contributed by atoms with van der Waals surface area (Å²) < 4.78 is 56.3. The molecule has 1 aromatic carbocycles. The molecule has 0 aromatic heterocycles. The Bertz CT molecular complexity index is 503.